The molecule has 2 heterocycles. The summed E-state index contributed by atoms with van der Waals surface area (Å²) in [4.78, 5) is 6.76. The highest BCUT2D eigenvalue weighted by atomic mass is 32.2. The third-order valence-electron chi connectivity index (χ3n) is 2.30. The van der Waals surface area contributed by atoms with Crippen LogP contribution in [-0.2, 0) is 17.3 Å². The number of hydrogen-bond donors (Lipinski definition) is 0. The van der Waals surface area contributed by atoms with Crippen molar-refractivity contribution in [1.29, 1.82) is 0 Å². The Labute approximate surface area is 90.6 Å². The van der Waals surface area contributed by atoms with Gasteiger partial charge in [-0.15, -0.1) is 11.3 Å². The summed E-state index contributed by atoms with van der Waals surface area (Å²) in [5.74, 6) is 1.65. The molecule has 1 aromatic heterocycles. The van der Waals surface area contributed by atoms with Crippen LogP contribution in [0.2, 0.25) is 0 Å². The van der Waals surface area contributed by atoms with Crippen LogP contribution in [0.1, 0.15) is 10.7 Å². The van der Waals surface area contributed by atoms with Crippen LogP contribution in [0.5, 0.6) is 0 Å². The first-order valence-corrected chi connectivity index (χ1v) is 7.09. The first-order valence-electron chi connectivity index (χ1n) is 4.72. The van der Waals surface area contributed by atoms with Crippen LogP contribution in [0.25, 0.3) is 0 Å². The lowest BCUT2D eigenvalue weighted by Gasteiger charge is -2.24. The van der Waals surface area contributed by atoms with Gasteiger partial charge in [0.15, 0.2) is 0 Å². The third-order valence-corrected chi connectivity index (χ3v) is 4.52. The molecule has 0 unspecified atom stereocenters. The minimum atomic E-state index is -0.572. The molecule has 3 nitrogen and oxygen atoms in total. The second kappa shape index (κ2) is 4.51. The largest absolute Gasteiger partial charge is 0.295 e. The highest BCUT2D eigenvalue weighted by molar-refractivity contribution is 7.85. The standard InChI is InChI=1S/C9H14N2OS2/c1-8-7-13-9(10-8)6-11-2-4-14(12)5-3-11/h7H,2-6H2,1H3. The van der Waals surface area contributed by atoms with E-state index in [1.54, 1.807) is 11.3 Å². The molecule has 0 aromatic carbocycles. The Morgan fingerprint density at radius 2 is 2.29 bits per heavy atom. The van der Waals surface area contributed by atoms with Crippen LogP contribution in [-0.4, -0.2) is 38.7 Å². The molecule has 1 aromatic rings. The highest BCUT2D eigenvalue weighted by Gasteiger charge is 2.15. The van der Waals surface area contributed by atoms with Gasteiger partial charge in [-0.05, 0) is 6.92 Å². The summed E-state index contributed by atoms with van der Waals surface area (Å²) in [7, 11) is -0.572. The Kier molecular flexibility index (Phi) is 3.30. The average Bonchev–Trinajstić information content (AvgIpc) is 2.56. The molecule has 0 aliphatic carbocycles. The van der Waals surface area contributed by atoms with E-state index < -0.39 is 10.8 Å². The molecule has 0 bridgehead atoms. The van der Waals surface area contributed by atoms with Gasteiger partial charge < -0.3 is 0 Å². The van der Waals surface area contributed by atoms with Crippen molar-refractivity contribution in [2.75, 3.05) is 24.6 Å². The van der Waals surface area contributed by atoms with Crippen molar-refractivity contribution in [2.24, 2.45) is 0 Å². The lowest BCUT2D eigenvalue weighted by Crippen LogP contribution is -2.37. The molecule has 1 aliphatic heterocycles. The van der Waals surface area contributed by atoms with Crippen molar-refractivity contribution >= 4 is 22.1 Å². The zero-order valence-corrected chi connectivity index (χ0v) is 9.87. The molecular formula is C9H14N2OS2. The molecule has 1 fully saturated rings. The van der Waals surface area contributed by atoms with Crippen LogP contribution in [0.15, 0.2) is 5.38 Å². The molecule has 78 valence electrons. The summed E-state index contributed by atoms with van der Waals surface area (Å²) in [6, 6.07) is 0. The van der Waals surface area contributed by atoms with Gasteiger partial charge in [0, 0.05) is 46.5 Å². The van der Waals surface area contributed by atoms with Gasteiger partial charge in [0.1, 0.15) is 5.01 Å². The van der Waals surface area contributed by atoms with Gasteiger partial charge >= 0.3 is 0 Å². The minimum Gasteiger partial charge on any atom is -0.295 e. The predicted molar refractivity (Wildman–Crippen MR) is 60.0 cm³/mol. The van der Waals surface area contributed by atoms with Crippen LogP contribution < -0.4 is 0 Å². The smallest absolute Gasteiger partial charge is 0.107 e. The summed E-state index contributed by atoms with van der Waals surface area (Å²) in [6.07, 6.45) is 0. The number of hydrogen-bond acceptors (Lipinski definition) is 4. The Bertz CT molecular complexity index is 327. The summed E-state index contributed by atoms with van der Waals surface area (Å²) in [5, 5.41) is 3.26. The van der Waals surface area contributed by atoms with E-state index in [1.165, 1.54) is 5.01 Å². The summed E-state index contributed by atoms with van der Waals surface area (Å²) < 4.78 is 11.1. The molecule has 0 N–H and O–H groups in total. The van der Waals surface area contributed by atoms with E-state index in [9.17, 15) is 4.21 Å². The fourth-order valence-corrected chi connectivity index (χ4v) is 3.44. The predicted octanol–water partition coefficient (Wildman–Crippen LogP) is 1.02. The van der Waals surface area contributed by atoms with Crippen molar-refractivity contribution in [2.45, 2.75) is 13.5 Å². The minimum absolute atomic E-state index is 0.572. The Hall–Kier alpha value is -0.260. The Morgan fingerprint density at radius 3 is 2.86 bits per heavy atom. The molecule has 0 amide bonds. The molecular weight excluding hydrogens is 216 g/mol. The molecule has 5 heteroatoms. The maximum absolute atomic E-state index is 11.1. The van der Waals surface area contributed by atoms with Crippen molar-refractivity contribution in [3.05, 3.63) is 16.1 Å². The molecule has 14 heavy (non-hydrogen) atoms. The quantitative estimate of drug-likeness (QED) is 0.760. The van der Waals surface area contributed by atoms with E-state index in [1.807, 2.05) is 6.92 Å². The summed E-state index contributed by atoms with van der Waals surface area (Å²) in [6.45, 7) is 4.84. The van der Waals surface area contributed by atoms with E-state index in [-0.39, 0.29) is 0 Å². The van der Waals surface area contributed by atoms with Crippen molar-refractivity contribution in [3.8, 4) is 0 Å². The first-order chi connectivity index (χ1) is 6.74. The van der Waals surface area contributed by atoms with Gasteiger partial charge in [0.2, 0.25) is 0 Å². The monoisotopic (exact) mass is 230 g/mol. The van der Waals surface area contributed by atoms with Crippen LogP contribution in [0.4, 0.5) is 0 Å². The van der Waals surface area contributed by atoms with Gasteiger partial charge in [-0.25, -0.2) is 4.98 Å². The van der Waals surface area contributed by atoms with Gasteiger partial charge in [-0.3, -0.25) is 9.11 Å². The normalized spacial score (nSPS) is 20.1. The number of rotatable bonds is 2. The topological polar surface area (TPSA) is 33.2 Å². The second-order valence-corrected chi connectivity index (χ2v) is 6.15. The van der Waals surface area contributed by atoms with Crippen LogP contribution in [0.3, 0.4) is 0 Å². The Balaban J connectivity index is 1.89. The molecule has 2 rings (SSSR count). The molecule has 0 radical (unpaired) electrons. The number of aryl methyl sites for hydroxylation is 1. The van der Waals surface area contributed by atoms with Crippen molar-refractivity contribution in [1.82, 2.24) is 9.88 Å². The van der Waals surface area contributed by atoms with Crippen molar-refractivity contribution in [3.63, 3.8) is 0 Å². The maximum Gasteiger partial charge on any atom is 0.107 e. The van der Waals surface area contributed by atoms with Gasteiger partial charge in [0.25, 0.3) is 0 Å². The fraction of sp³-hybridized carbons (Fsp3) is 0.667. The van der Waals surface area contributed by atoms with E-state index >= 15 is 0 Å². The lowest BCUT2D eigenvalue weighted by molar-refractivity contribution is 0.291. The zero-order chi connectivity index (χ0) is 9.97. The maximum atomic E-state index is 11.1. The van der Waals surface area contributed by atoms with Gasteiger partial charge in [-0.2, -0.15) is 0 Å². The number of nitrogens with zero attached hydrogens (tertiary/aromatic N) is 2. The van der Waals surface area contributed by atoms with E-state index in [2.05, 4.69) is 15.3 Å². The molecule has 1 saturated heterocycles. The SMILES string of the molecule is Cc1csc(CN2CCS(=O)CC2)n1. The van der Waals surface area contributed by atoms with Crippen LogP contribution in [0, 0.1) is 6.92 Å². The van der Waals surface area contributed by atoms with E-state index in [0.717, 1.165) is 36.8 Å². The molecule has 0 atom stereocenters. The second-order valence-electron chi connectivity index (χ2n) is 3.51. The first kappa shape index (κ1) is 10.3. The van der Waals surface area contributed by atoms with E-state index in [0.29, 0.717) is 0 Å². The average molecular weight is 230 g/mol. The molecule has 1 aliphatic rings. The Morgan fingerprint density at radius 1 is 1.57 bits per heavy atom. The highest BCUT2D eigenvalue weighted by Crippen LogP contribution is 2.12. The lowest BCUT2D eigenvalue weighted by atomic mass is 10.4. The molecule has 0 spiro atoms. The third kappa shape index (κ3) is 2.62. The number of thiazole rings is 1. The van der Waals surface area contributed by atoms with E-state index in [4.69, 9.17) is 0 Å². The number of aromatic nitrogens is 1. The van der Waals surface area contributed by atoms with Crippen LogP contribution >= 0.6 is 11.3 Å². The zero-order valence-electron chi connectivity index (χ0n) is 8.23. The van der Waals surface area contributed by atoms with Gasteiger partial charge in [0.05, 0.1) is 6.54 Å². The summed E-state index contributed by atoms with van der Waals surface area (Å²) in [5.41, 5.74) is 1.10. The van der Waals surface area contributed by atoms with Gasteiger partial charge in [-0.1, -0.05) is 0 Å². The fourth-order valence-electron chi connectivity index (χ4n) is 1.50. The molecule has 0 saturated carbocycles. The summed E-state index contributed by atoms with van der Waals surface area (Å²) >= 11 is 1.72. The van der Waals surface area contributed by atoms with Crippen molar-refractivity contribution < 1.29 is 4.21 Å².